The summed E-state index contributed by atoms with van der Waals surface area (Å²) in [6.45, 7) is 2.04. The van der Waals surface area contributed by atoms with Crippen LogP contribution in [0.3, 0.4) is 0 Å². The first-order valence-corrected chi connectivity index (χ1v) is 8.26. The third kappa shape index (κ3) is 3.88. The molecule has 3 aromatic rings. The highest BCUT2D eigenvalue weighted by molar-refractivity contribution is 5.94. The SMILES string of the molecule is CCC(NC(=O)c1cnn(-c2ccccc2)c1)c1ccc(OC)cc1. The van der Waals surface area contributed by atoms with Crippen molar-refractivity contribution >= 4 is 5.91 Å². The second-order valence-electron chi connectivity index (χ2n) is 5.72. The zero-order valence-corrected chi connectivity index (χ0v) is 14.3. The molecule has 0 radical (unpaired) electrons. The summed E-state index contributed by atoms with van der Waals surface area (Å²) in [5.74, 6) is 0.666. The number of nitrogens with one attached hydrogen (secondary N) is 1. The fraction of sp³-hybridized carbons (Fsp3) is 0.200. The summed E-state index contributed by atoms with van der Waals surface area (Å²) >= 11 is 0. The van der Waals surface area contributed by atoms with Crippen molar-refractivity contribution in [1.29, 1.82) is 0 Å². The molecule has 0 saturated carbocycles. The first-order chi connectivity index (χ1) is 12.2. The maximum atomic E-state index is 12.6. The molecule has 1 heterocycles. The van der Waals surface area contributed by atoms with E-state index in [0.717, 1.165) is 23.4 Å². The second-order valence-corrected chi connectivity index (χ2v) is 5.72. The van der Waals surface area contributed by atoms with Gasteiger partial charge in [-0.1, -0.05) is 37.3 Å². The molecular formula is C20H21N3O2. The average molecular weight is 335 g/mol. The molecule has 0 aliphatic carbocycles. The summed E-state index contributed by atoms with van der Waals surface area (Å²) in [7, 11) is 1.64. The molecule has 0 fully saturated rings. The van der Waals surface area contributed by atoms with E-state index in [4.69, 9.17) is 4.74 Å². The number of hydrogen-bond donors (Lipinski definition) is 1. The van der Waals surface area contributed by atoms with Crippen LogP contribution in [0.5, 0.6) is 5.75 Å². The molecule has 1 aromatic heterocycles. The first-order valence-electron chi connectivity index (χ1n) is 8.26. The minimum atomic E-state index is -0.134. The highest BCUT2D eigenvalue weighted by Gasteiger charge is 2.16. The zero-order valence-electron chi connectivity index (χ0n) is 14.3. The van der Waals surface area contributed by atoms with Gasteiger partial charge in [0.15, 0.2) is 0 Å². The van der Waals surface area contributed by atoms with Gasteiger partial charge in [0.1, 0.15) is 5.75 Å². The molecule has 1 N–H and O–H groups in total. The van der Waals surface area contributed by atoms with Crippen LogP contribution in [0.15, 0.2) is 67.0 Å². The van der Waals surface area contributed by atoms with Gasteiger partial charge in [0.2, 0.25) is 0 Å². The molecule has 1 amide bonds. The van der Waals surface area contributed by atoms with E-state index in [1.807, 2.05) is 61.5 Å². The van der Waals surface area contributed by atoms with Gasteiger partial charge in [-0.25, -0.2) is 4.68 Å². The van der Waals surface area contributed by atoms with Crippen LogP contribution in [-0.4, -0.2) is 22.8 Å². The average Bonchev–Trinajstić information content (AvgIpc) is 3.17. The third-order valence-corrected chi connectivity index (χ3v) is 4.10. The van der Waals surface area contributed by atoms with E-state index in [-0.39, 0.29) is 11.9 Å². The molecule has 1 unspecified atom stereocenters. The molecule has 25 heavy (non-hydrogen) atoms. The van der Waals surface area contributed by atoms with Crippen molar-refractivity contribution in [1.82, 2.24) is 15.1 Å². The Labute approximate surface area is 147 Å². The molecule has 0 aliphatic heterocycles. The van der Waals surface area contributed by atoms with Gasteiger partial charge in [0, 0.05) is 6.20 Å². The lowest BCUT2D eigenvalue weighted by molar-refractivity contribution is 0.0935. The van der Waals surface area contributed by atoms with Gasteiger partial charge < -0.3 is 10.1 Å². The van der Waals surface area contributed by atoms with Crippen LogP contribution in [0.25, 0.3) is 5.69 Å². The summed E-state index contributed by atoms with van der Waals surface area (Å²) in [6.07, 6.45) is 4.12. The number of rotatable bonds is 6. The van der Waals surface area contributed by atoms with Crippen LogP contribution >= 0.6 is 0 Å². The second kappa shape index (κ2) is 7.66. The summed E-state index contributed by atoms with van der Waals surface area (Å²) in [4.78, 5) is 12.6. The maximum Gasteiger partial charge on any atom is 0.254 e. The van der Waals surface area contributed by atoms with Gasteiger partial charge in [-0.05, 0) is 36.2 Å². The van der Waals surface area contributed by atoms with E-state index in [1.54, 1.807) is 24.2 Å². The monoisotopic (exact) mass is 335 g/mol. The number of nitrogens with zero attached hydrogens (tertiary/aromatic N) is 2. The molecule has 5 heteroatoms. The standard InChI is InChI=1S/C20H21N3O2/c1-3-19(15-9-11-18(25-2)12-10-15)22-20(24)16-13-21-23(14-16)17-7-5-4-6-8-17/h4-14,19H,3H2,1-2H3,(H,22,24). The predicted octanol–water partition coefficient (Wildman–Crippen LogP) is 3.76. The lowest BCUT2D eigenvalue weighted by Crippen LogP contribution is -2.27. The summed E-state index contributed by atoms with van der Waals surface area (Å²) in [6, 6.07) is 17.4. The van der Waals surface area contributed by atoms with Crippen molar-refractivity contribution in [2.75, 3.05) is 7.11 Å². The van der Waals surface area contributed by atoms with Gasteiger partial charge >= 0.3 is 0 Å². The third-order valence-electron chi connectivity index (χ3n) is 4.10. The number of hydrogen-bond acceptors (Lipinski definition) is 3. The van der Waals surface area contributed by atoms with Crippen molar-refractivity contribution in [3.05, 3.63) is 78.1 Å². The fourth-order valence-corrected chi connectivity index (χ4v) is 2.66. The number of aromatic nitrogens is 2. The normalized spacial score (nSPS) is 11.8. The molecule has 0 bridgehead atoms. The molecule has 0 saturated heterocycles. The number of carbonyl (C=O) groups excluding carboxylic acids is 1. The smallest absolute Gasteiger partial charge is 0.254 e. The molecular weight excluding hydrogens is 314 g/mol. The highest BCUT2D eigenvalue weighted by Crippen LogP contribution is 2.20. The molecule has 128 valence electrons. The molecule has 5 nitrogen and oxygen atoms in total. The van der Waals surface area contributed by atoms with Crippen LogP contribution in [0.4, 0.5) is 0 Å². The van der Waals surface area contributed by atoms with Crippen molar-refractivity contribution in [3.8, 4) is 11.4 Å². The Bertz CT molecular complexity index is 826. The van der Waals surface area contributed by atoms with E-state index >= 15 is 0 Å². The minimum Gasteiger partial charge on any atom is -0.497 e. The van der Waals surface area contributed by atoms with Crippen LogP contribution in [0.1, 0.15) is 35.3 Å². The van der Waals surface area contributed by atoms with Crippen molar-refractivity contribution in [2.24, 2.45) is 0 Å². The Balaban J connectivity index is 1.73. The Kier molecular flexibility index (Phi) is 5.14. The van der Waals surface area contributed by atoms with Crippen molar-refractivity contribution in [3.63, 3.8) is 0 Å². The van der Waals surface area contributed by atoms with Gasteiger partial charge in [-0.2, -0.15) is 5.10 Å². The summed E-state index contributed by atoms with van der Waals surface area (Å²) in [5.41, 5.74) is 2.51. The Morgan fingerprint density at radius 3 is 2.52 bits per heavy atom. The zero-order chi connectivity index (χ0) is 17.6. The van der Waals surface area contributed by atoms with E-state index in [1.165, 1.54) is 0 Å². The van der Waals surface area contributed by atoms with Gasteiger partial charge in [0.05, 0.1) is 30.6 Å². The molecule has 3 rings (SSSR count). The Hall–Kier alpha value is -3.08. The number of carbonyl (C=O) groups is 1. The first kappa shape index (κ1) is 16.8. The minimum absolute atomic E-state index is 0.0570. The lowest BCUT2D eigenvalue weighted by Gasteiger charge is -2.17. The van der Waals surface area contributed by atoms with Gasteiger partial charge in [-0.3, -0.25) is 4.79 Å². The highest BCUT2D eigenvalue weighted by atomic mass is 16.5. The van der Waals surface area contributed by atoms with Crippen LogP contribution < -0.4 is 10.1 Å². The van der Waals surface area contributed by atoms with Crippen LogP contribution in [0.2, 0.25) is 0 Å². The van der Waals surface area contributed by atoms with Crippen LogP contribution in [0, 0.1) is 0 Å². The van der Waals surface area contributed by atoms with E-state index < -0.39 is 0 Å². The largest absolute Gasteiger partial charge is 0.497 e. The molecule has 0 spiro atoms. The topological polar surface area (TPSA) is 56.2 Å². The van der Waals surface area contributed by atoms with Crippen LogP contribution in [-0.2, 0) is 0 Å². The number of para-hydroxylation sites is 1. The number of benzene rings is 2. The molecule has 1 atom stereocenters. The predicted molar refractivity (Wildman–Crippen MR) is 97.1 cm³/mol. The van der Waals surface area contributed by atoms with E-state index in [2.05, 4.69) is 10.4 Å². The number of methoxy groups -OCH3 is 1. The molecule has 2 aromatic carbocycles. The van der Waals surface area contributed by atoms with Gasteiger partial charge in [0.25, 0.3) is 5.91 Å². The fourth-order valence-electron chi connectivity index (χ4n) is 2.66. The van der Waals surface area contributed by atoms with E-state index in [0.29, 0.717) is 5.56 Å². The lowest BCUT2D eigenvalue weighted by atomic mass is 10.0. The van der Waals surface area contributed by atoms with Gasteiger partial charge in [-0.15, -0.1) is 0 Å². The summed E-state index contributed by atoms with van der Waals surface area (Å²) < 4.78 is 6.88. The summed E-state index contributed by atoms with van der Waals surface area (Å²) in [5, 5.41) is 7.34. The quantitative estimate of drug-likeness (QED) is 0.746. The Morgan fingerprint density at radius 2 is 1.88 bits per heavy atom. The number of ether oxygens (including phenoxy) is 1. The maximum absolute atomic E-state index is 12.6. The van der Waals surface area contributed by atoms with Crippen molar-refractivity contribution < 1.29 is 9.53 Å². The molecule has 0 aliphatic rings. The van der Waals surface area contributed by atoms with E-state index in [9.17, 15) is 4.79 Å². The van der Waals surface area contributed by atoms with Crippen molar-refractivity contribution in [2.45, 2.75) is 19.4 Å². The Morgan fingerprint density at radius 1 is 1.16 bits per heavy atom. The number of amides is 1.